The van der Waals surface area contributed by atoms with Crippen LogP contribution in [0.2, 0.25) is 0 Å². The van der Waals surface area contributed by atoms with Crippen molar-refractivity contribution in [2.45, 2.75) is 32.5 Å². The van der Waals surface area contributed by atoms with Crippen LogP contribution in [0.15, 0.2) is 23.0 Å². The third kappa shape index (κ3) is 2.95. The monoisotopic (exact) mass is 341 g/mol. The molecule has 128 valence electrons. The van der Waals surface area contributed by atoms with E-state index in [0.29, 0.717) is 24.5 Å². The molecule has 1 atom stereocenters. The Morgan fingerprint density at radius 1 is 1.33 bits per heavy atom. The number of nitrogens with zero attached hydrogens (tertiary/aromatic N) is 3. The van der Waals surface area contributed by atoms with E-state index in [1.54, 1.807) is 7.05 Å². The molecular weight excluding hydrogens is 323 g/mol. The summed E-state index contributed by atoms with van der Waals surface area (Å²) in [6.07, 6.45) is 0.750. The minimum Gasteiger partial charge on any atom is -0.473 e. The lowest BCUT2D eigenvalue weighted by atomic mass is 10.1. The van der Waals surface area contributed by atoms with Crippen LogP contribution in [0.25, 0.3) is 0 Å². The zero-order chi connectivity index (χ0) is 19.2. The lowest BCUT2D eigenvalue weighted by Gasteiger charge is -2.34. The van der Waals surface area contributed by atoms with E-state index < -0.39 is 35.3 Å². The van der Waals surface area contributed by atoms with Gasteiger partial charge >= 0.3 is 5.69 Å². The Morgan fingerprint density at radius 2 is 2.00 bits per heavy atom. The van der Waals surface area contributed by atoms with Gasteiger partial charge in [-0.05, 0) is 31.0 Å². The third-order valence-electron chi connectivity index (χ3n) is 4.02. The fraction of sp³-hybridized carbons (Fsp3) is 0.375. The second kappa shape index (κ2) is 6.18. The van der Waals surface area contributed by atoms with E-state index in [1.807, 2.05) is 11.8 Å². The smallest absolute Gasteiger partial charge is 0.352 e. The molecule has 0 spiro atoms. The summed E-state index contributed by atoms with van der Waals surface area (Å²) >= 11 is 0. The second-order valence-electron chi connectivity index (χ2n) is 5.59. The first-order valence-electron chi connectivity index (χ1n) is 8.29. The topological polar surface area (TPSA) is 47.4 Å². The van der Waals surface area contributed by atoms with Crippen LogP contribution in [0.5, 0.6) is 5.88 Å². The van der Waals surface area contributed by atoms with Crippen molar-refractivity contribution in [3.63, 3.8) is 0 Å². The number of halogens is 3. The molecule has 2 aromatic rings. The van der Waals surface area contributed by atoms with Crippen LogP contribution >= 0.6 is 0 Å². The minimum atomic E-state index is -2.73. The van der Waals surface area contributed by atoms with Gasteiger partial charge in [0.05, 0.1) is 2.74 Å². The highest BCUT2D eigenvalue weighted by Gasteiger charge is 2.22. The molecule has 2 heterocycles. The minimum absolute atomic E-state index is 0.154. The molecule has 1 aliphatic rings. The number of anilines is 1. The molecule has 1 aromatic heterocycles. The molecule has 3 rings (SSSR count). The fourth-order valence-corrected chi connectivity index (χ4v) is 2.49. The molecule has 1 aliphatic heterocycles. The molecule has 0 saturated carbocycles. The van der Waals surface area contributed by atoms with Gasteiger partial charge in [0.15, 0.2) is 17.5 Å². The summed E-state index contributed by atoms with van der Waals surface area (Å²) in [6.45, 7) is -0.293. The van der Waals surface area contributed by atoms with E-state index in [-0.39, 0.29) is 11.9 Å². The van der Waals surface area contributed by atoms with Crippen molar-refractivity contribution in [3.05, 3.63) is 51.7 Å². The zero-order valence-corrected chi connectivity index (χ0v) is 13.0. The summed E-state index contributed by atoms with van der Waals surface area (Å²) in [5, 5.41) is 0. The van der Waals surface area contributed by atoms with E-state index in [0.717, 1.165) is 6.42 Å². The summed E-state index contributed by atoms with van der Waals surface area (Å²) in [7, 11) is 1.78. The number of fused-ring (bicyclic) bond motifs is 1. The molecule has 0 bridgehead atoms. The zero-order valence-electron chi connectivity index (χ0n) is 15.0. The predicted molar refractivity (Wildman–Crippen MR) is 81.6 cm³/mol. The Bertz CT molecular complexity index is 897. The van der Waals surface area contributed by atoms with Gasteiger partial charge in [-0.25, -0.2) is 18.0 Å². The van der Waals surface area contributed by atoms with Crippen molar-refractivity contribution in [1.29, 1.82) is 0 Å². The van der Waals surface area contributed by atoms with Crippen LogP contribution in [-0.2, 0) is 13.1 Å². The first kappa shape index (κ1) is 13.9. The Morgan fingerprint density at radius 3 is 2.67 bits per heavy atom. The third-order valence-corrected chi connectivity index (χ3v) is 4.02. The van der Waals surface area contributed by atoms with E-state index in [1.165, 1.54) is 10.6 Å². The maximum atomic E-state index is 13.4. The average Bonchev–Trinajstić information content (AvgIpc) is 2.55. The molecule has 8 heteroatoms. The van der Waals surface area contributed by atoms with E-state index in [4.69, 9.17) is 7.48 Å². The highest BCUT2D eigenvalue weighted by Crippen LogP contribution is 2.24. The Labute approximate surface area is 139 Å². The van der Waals surface area contributed by atoms with Crippen LogP contribution in [-0.4, -0.2) is 22.6 Å². The van der Waals surface area contributed by atoms with E-state index in [9.17, 15) is 18.0 Å². The van der Waals surface area contributed by atoms with Crippen molar-refractivity contribution in [2.75, 3.05) is 11.9 Å². The molecule has 0 aliphatic carbocycles. The van der Waals surface area contributed by atoms with Crippen LogP contribution in [0.1, 0.15) is 21.6 Å². The van der Waals surface area contributed by atoms with Crippen molar-refractivity contribution in [1.82, 2.24) is 9.55 Å². The summed E-state index contributed by atoms with van der Waals surface area (Å²) in [4.78, 5) is 17.7. The molecule has 0 saturated heterocycles. The van der Waals surface area contributed by atoms with Crippen LogP contribution in [0, 0.1) is 17.5 Å². The Kier molecular flexibility index (Phi) is 3.58. The number of hydrogen-bond donors (Lipinski definition) is 0. The van der Waals surface area contributed by atoms with Gasteiger partial charge in [-0.1, -0.05) is 0 Å². The molecule has 0 N–H and O–H groups in total. The number of ether oxygens (including phenoxy) is 1. The Hall–Kier alpha value is -2.51. The number of rotatable bonds is 3. The summed E-state index contributed by atoms with van der Waals surface area (Å²) in [6, 6.07) is 2.53. The van der Waals surface area contributed by atoms with Gasteiger partial charge in [0.2, 0.25) is 5.88 Å². The van der Waals surface area contributed by atoms with Crippen LogP contribution < -0.4 is 15.3 Å². The van der Waals surface area contributed by atoms with E-state index >= 15 is 0 Å². The first-order chi connectivity index (χ1) is 12.1. The average molecular weight is 341 g/mol. The first-order valence-corrected chi connectivity index (χ1v) is 7.29. The normalized spacial score (nSPS) is 18.7. The van der Waals surface area contributed by atoms with Crippen molar-refractivity contribution in [3.8, 4) is 5.88 Å². The maximum Gasteiger partial charge on any atom is 0.352 e. The molecular formula is C16H16F3N3O2. The van der Waals surface area contributed by atoms with Gasteiger partial charge < -0.3 is 9.64 Å². The van der Waals surface area contributed by atoms with Gasteiger partial charge in [-0.3, -0.25) is 4.57 Å². The summed E-state index contributed by atoms with van der Waals surface area (Å²) in [5.41, 5.74) is -1.20. The number of hydrogen-bond acceptors (Lipinski definition) is 4. The lowest BCUT2D eigenvalue weighted by Crippen LogP contribution is -2.41. The quantitative estimate of drug-likeness (QED) is 0.805. The fourth-order valence-electron chi connectivity index (χ4n) is 2.49. The molecule has 0 radical (unpaired) electrons. The summed E-state index contributed by atoms with van der Waals surface area (Å²) < 4.78 is 62.1. The van der Waals surface area contributed by atoms with Gasteiger partial charge in [0.25, 0.3) is 0 Å². The molecule has 0 fully saturated rings. The molecule has 1 aromatic carbocycles. The second-order valence-corrected chi connectivity index (χ2v) is 5.59. The lowest BCUT2D eigenvalue weighted by molar-refractivity contribution is 0.287. The van der Waals surface area contributed by atoms with Gasteiger partial charge in [0.1, 0.15) is 12.4 Å². The number of benzene rings is 1. The maximum absolute atomic E-state index is 13.4. The molecule has 24 heavy (non-hydrogen) atoms. The largest absolute Gasteiger partial charge is 0.473 e. The standard InChI is InChI=1S/C16H16F3N3O2/c1-9-3-4-22-14(21(9)2)7-13(20-16(22)23)24-8-10-5-11(17)15(19)12(18)6-10/h5-7,9H,3-4,8H2,1-2H3/i8D2. The van der Waals surface area contributed by atoms with Crippen LogP contribution in [0.4, 0.5) is 19.0 Å². The molecule has 5 nitrogen and oxygen atoms in total. The highest BCUT2D eigenvalue weighted by molar-refractivity contribution is 5.43. The van der Waals surface area contributed by atoms with E-state index in [2.05, 4.69) is 4.98 Å². The van der Waals surface area contributed by atoms with Gasteiger partial charge in [-0.2, -0.15) is 4.98 Å². The van der Waals surface area contributed by atoms with Crippen molar-refractivity contribution < 1.29 is 20.6 Å². The van der Waals surface area contributed by atoms with Crippen molar-refractivity contribution in [2.24, 2.45) is 0 Å². The van der Waals surface area contributed by atoms with Gasteiger partial charge in [0, 0.05) is 25.7 Å². The summed E-state index contributed by atoms with van der Waals surface area (Å²) in [5.74, 6) is -4.63. The highest BCUT2D eigenvalue weighted by atomic mass is 19.2. The molecule has 1 unspecified atom stereocenters. The molecule has 0 amide bonds. The van der Waals surface area contributed by atoms with Crippen LogP contribution in [0.3, 0.4) is 0 Å². The number of aromatic nitrogens is 2. The van der Waals surface area contributed by atoms with Crippen molar-refractivity contribution >= 4 is 5.82 Å². The predicted octanol–water partition coefficient (Wildman–Crippen LogP) is 2.47. The SMILES string of the molecule is [2H]C([2H])(Oc1cc2n(c(=O)n1)CCC(C)N2C)c1cc(F)c(F)c(F)c1. The Balaban J connectivity index is 1.98. The van der Waals surface area contributed by atoms with Gasteiger partial charge in [-0.15, -0.1) is 0 Å².